The molecular formula is C51H65F3N10O8. The molecule has 21 heteroatoms. The van der Waals surface area contributed by atoms with Crippen LogP contribution in [0.2, 0.25) is 0 Å². The fraction of sp³-hybridized carbons (Fsp3) is 0.549. The van der Waals surface area contributed by atoms with Crippen LogP contribution in [0.4, 0.5) is 18.0 Å². The van der Waals surface area contributed by atoms with Gasteiger partial charge in [-0.25, -0.2) is 15.2 Å². The topological polar surface area (TPSA) is 188 Å². The molecule has 18 nitrogen and oxygen atoms in total. The maximum Gasteiger partial charge on any atom is 0.406 e. The van der Waals surface area contributed by atoms with Crippen molar-refractivity contribution in [1.29, 1.82) is 0 Å². The lowest BCUT2D eigenvalue weighted by Gasteiger charge is -2.41. The minimum Gasteiger partial charge on any atom is -0.464 e. The molecule has 2 N–H and O–H groups in total. The summed E-state index contributed by atoms with van der Waals surface area (Å²) >= 11 is 0. The van der Waals surface area contributed by atoms with Gasteiger partial charge in [0.05, 0.1) is 42.8 Å². The second-order valence-electron chi connectivity index (χ2n) is 20.6. The van der Waals surface area contributed by atoms with E-state index in [2.05, 4.69) is 32.2 Å². The molecule has 0 radical (unpaired) electrons. The number of piperazine rings is 1. The first kappa shape index (κ1) is 52.0. The predicted molar refractivity (Wildman–Crippen MR) is 260 cm³/mol. The summed E-state index contributed by atoms with van der Waals surface area (Å²) in [6, 6.07) is 4.28. The molecule has 72 heavy (non-hydrogen) atoms. The fourth-order valence-electron chi connectivity index (χ4n) is 10.8. The lowest BCUT2D eigenvalue weighted by atomic mass is 9.84. The molecule has 0 unspecified atom stereocenters. The molecule has 6 atom stereocenters. The summed E-state index contributed by atoms with van der Waals surface area (Å²) in [7, 11) is 5.00. The van der Waals surface area contributed by atoms with Gasteiger partial charge in [-0.05, 0) is 81.1 Å². The highest BCUT2D eigenvalue weighted by Crippen LogP contribution is 2.43. The number of rotatable bonds is 9. The number of methoxy groups -OCH3 is 1. The zero-order valence-corrected chi connectivity index (χ0v) is 42.1. The number of urea groups is 1. The molecule has 3 aromatic heterocycles. The highest BCUT2D eigenvalue weighted by molar-refractivity contribution is 5.95. The molecule has 0 spiro atoms. The molecule has 3 saturated heterocycles. The van der Waals surface area contributed by atoms with E-state index in [9.17, 15) is 37.1 Å². The lowest BCUT2D eigenvalue weighted by molar-refractivity contribution is -0.155. The molecule has 4 aliphatic rings. The quantitative estimate of drug-likeness (QED) is 0.162. The summed E-state index contributed by atoms with van der Waals surface area (Å²) in [4.78, 5) is 86.3. The van der Waals surface area contributed by atoms with E-state index in [4.69, 9.17) is 13.9 Å². The normalized spacial score (nSPS) is 22.8. The highest BCUT2D eigenvalue weighted by Gasteiger charge is 2.47. The number of nitrogens with zero attached hydrogens (tertiary/aromatic N) is 8. The molecule has 0 aliphatic carbocycles. The maximum absolute atomic E-state index is 14.7. The number of hydrogen-bond donors (Lipinski definition) is 2. The molecule has 4 aromatic rings. The monoisotopic (exact) mass is 1000 g/mol. The first-order valence-electron chi connectivity index (χ1n) is 24.4. The number of hydrazine groups is 1. The molecule has 6 bridgehead atoms. The van der Waals surface area contributed by atoms with Gasteiger partial charge in [0.2, 0.25) is 11.8 Å². The minimum atomic E-state index is -4.62. The second kappa shape index (κ2) is 20.7. The van der Waals surface area contributed by atoms with E-state index in [-0.39, 0.29) is 62.2 Å². The van der Waals surface area contributed by atoms with E-state index in [1.165, 1.54) is 33.9 Å². The van der Waals surface area contributed by atoms with Crippen molar-refractivity contribution in [1.82, 2.24) is 49.9 Å². The van der Waals surface area contributed by atoms with Crippen molar-refractivity contribution in [2.45, 2.75) is 109 Å². The van der Waals surface area contributed by atoms with Gasteiger partial charge in [-0.15, -0.1) is 0 Å². The summed E-state index contributed by atoms with van der Waals surface area (Å²) < 4.78 is 63.3. The van der Waals surface area contributed by atoms with Crippen molar-refractivity contribution < 1.29 is 51.0 Å². The number of hydrogen-bond acceptors (Lipinski definition) is 12. The van der Waals surface area contributed by atoms with Crippen molar-refractivity contribution in [3.63, 3.8) is 0 Å². The van der Waals surface area contributed by atoms with Crippen molar-refractivity contribution in [3.05, 3.63) is 72.5 Å². The molecule has 7 heterocycles. The molecule has 8 rings (SSSR count). The number of halogens is 3. The van der Waals surface area contributed by atoms with Crippen LogP contribution in [-0.4, -0.2) is 166 Å². The van der Waals surface area contributed by atoms with Gasteiger partial charge in [0.15, 0.2) is 11.7 Å². The van der Waals surface area contributed by atoms with Crippen LogP contribution in [0.5, 0.6) is 0 Å². The Balaban J connectivity index is 1.16. The van der Waals surface area contributed by atoms with Gasteiger partial charge in [0, 0.05) is 86.6 Å². The number of aromatic nitrogens is 3. The van der Waals surface area contributed by atoms with Crippen LogP contribution < -0.4 is 10.7 Å². The molecule has 0 saturated carbocycles. The third kappa shape index (κ3) is 10.6. The summed E-state index contributed by atoms with van der Waals surface area (Å²) in [6.07, 6.45) is -0.215. The number of alkyl halides is 3. The lowest BCUT2D eigenvalue weighted by Crippen LogP contribution is -2.62. The Morgan fingerprint density at radius 3 is 2.54 bits per heavy atom. The SMILES string of the molecule is C=CC(=O)N1CCN(C)[C@@H]2CN(C(=O)N(C)[C@H](C(=O)N[C@H]3Cc4ncc(o4)-c4ccc5c(c4)c(c(-c4cccnc4[C@H](C)OC)n5CC(F)(F)F)CC(C)(C)COC(=O)[C@@H]4CCCN(N4)C3=O)C(C)C)C[C@@H]21. The van der Waals surface area contributed by atoms with Gasteiger partial charge in [-0.1, -0.05) is 34.3 Å². The van der Waals surface area contributed by atoms with E-state index in [1.54, 1.807) is 74.1 Å². The van der Waals surface area contributed by atoms with E-state index in [1.807, 2.05) is 20.9 Å². The number of cyclic esters (lactones) is 1. The number of benzene rings is 1. The maximum atomic E-state index is 14.7. The smallest absolute Gasteiger partial charge is 0.406 e. The summed E-state index contributed by atoms with van der Waals surface area (Å²) in [6.45, 7) is 13.2. The van der Waals surface area contributed by atoms with Crippen LogP contribution in [-0.2, 0) is 48.0 Å². The van der Waals surface area contributed by atoms with Crippen LogP contribution in [0.3, 0.4) is 0 Å². The Morgan fingerprint density at radius 1 is 1.08 bits per heavy atom. The van der Waals surface area contributed by atoms with E-state index in [0.29, 0.717) is 71.5 Å². The Labute approximate surface area is 416 Å². The average molecular weight is 1000 g/mol. The predicted octanol–water partition coefficient (Wildman–Crippen LogP) is 5.37. The molecule has 4 aliphatic heterocycles. The average Bonchev–Trinajstić information content (AvgIpc) is 4.08. The number of oxazole rings is 1. The van der Waals surface area contributed by atoms with Gasteiger partial charge < -0.3 is 38.5 Å². The Morgan fingerprint density at radius 2 is 1.83 bits per heavy atom. The van der Waals surface area contributed by atoms with Gasteiger partial charge in [-0.2, -0.15) is 13.2 Å². The summed E-state index contributed by atoms with van der Waals surface area (Å²) in [5.41, 5.74) is 4.73. The standard InChI is InChI=1S/C51H65F3N10O8/c1-10-42(65)62-20-19-59(7)38-25-61(26-39(38)62)49(69)60(8)44(29(2)3)46(66)57-36-22-41-56-24-40(72-41)31-15-16-37-33(21-31)34(23-50(5,6)28-71-48(68)35-14-12-18-64(58-35)47(36)67)45(63(37)27-51(52,53)54)32-13-11-17-55-43(32)30(4)70-9/h10-11,13,15-17,21,24,29-30,35-36,38-39,44,58H,1,12,14,18-20,22-23,25-28H2,2-9H3,(H,57,66)/t30-,35-,36-,38+,39-,44-/m0/s1. The van der Waals surface area contributed by atoms with E-state index >= 15 is 0 Å². The van der Waals surface area contributed by atoms with Crippen LogP contribution in [0.25, 0.3) is 33.5 Å². The number of nitrogens with one attached hydrogen (secondary N) is 2. The van der Waals surface area contributed by atoms with E-state index in [0.717, 1.165) is 0 Å². The van der Waals surface area contributed by atoms with Gasteiger partial charge in [0.1, 0.15) is 24.7 Å². The fourth-order valence-corrected chi connectivity index (χ4v) is 10.8. The van der Waals surface area contributed by atoms with Crippen LogP contribution in [0, 0.1) is 11.3 Å². The minimum absolute atomic E-state index is 0.0658. The van der Waals surface area contributed by atoms with Gasteiger partial charge in [-0.3, -0.25) is 34.1 Å². The summed E-state index contributed by atoms with van der Waals surface area (Å²) in [5.74, 6) is -2.14. The number of likely N-dealkylation sites (tertiary alicyclic amines) is 1. The zero-order chi connectivity index (χ0) is 52.0. The number of ether oxygens (including phenoxy) is 2. The Kier molecular flexibility index (Phi) is 14.9. The highest BCUT2D eigenvalue weighted by atomic mass is 19.4. The summed E-state index contributed by atoms with van der Waals surface area (Å²) in [5, 5.41) is 4.69. The van der Waals surface area contributed by atoms with Crippen LogP contribution >= 0.6 is 0 Å². The van der Waals surface area contributed by atoms with Crippen LogP contribution in [0.1, 0.15) is 70.7 Å². The molecule has 1 aromatic carbocycles. The molecular weight excluding hydrogens is 938 g/mol. The number of carbonyl (C=O) groups excluding carboxylic acids is 5. The zero-order valence-electron chi connectivity index (χ0n) is 42.1. The first-order valence-corrected chi connectivity index (χ1v) is 24.4. The van der Waals surface area contributed by atoms with E-state index < -0.39 is 72.1 Å². The number of esters is 1. The number of fused-ring (bicyclic) bond motifs is 7. The van der Waals surface area contributed by atoms with Gasteiger partial charge in [0.25, 0.3) is 5.91 Å². The first-order chi connectivity index (χ1) is 34.1. The van der Waals surface area contributed by atoms with Gasteiger partial charge >= 0.3 is 18.2 Å². The third-order valence-corrected chi connectivity index (χ3v) is 14.4. The van der Waals surface area contributed by atoms with Crippen LogP contribution in [0.15, 0.2) is 59.8 Å². The molecule has 3 fully saturated rings. The molecule has 388 valence electrons. The Bertz CT molecular complexity index is 2720. The van der Waals surface area contributed by atoms with Crippen molar-refractivity contribution in [3.8, 4) is 22.6 Å². The number of likely N-dealkylation sites (N-methyl/N-ethyl adjacent to an activating group) is 2. The third-order valence-electron chi connectivity index (χ3n) is 14.4. The Hall–Kier alpha value is -6.32. The van der Waals surface area contributed by atoms with Crippen molar-refractivity contribution in [2.75, 3.05) is 60.5 Å². The van der Waals surface area contributed by atoms with Crippen molar-refractivity contribution >= 4 is 40.6 Å². The number of amides is 5. The van der Waals surface area contributed by atoms with Crippen molar-refractivity contribution in [2.24, 2.45) is 11.3 Å². The molecule has 5 amide bonds. The number of pyridine rings is 1. The largest absolute Gasteiger partial charge is 0.464 e. The number of carbonyl (C=O) groups is 5. The second-order valence-corrected chi connectivity index (χ2v) is 20.6.